The summed E-state index contributed by atoms with van der Waals surface area (Å²) in [4.78, 5) is 0. The lowest BCUT2D eigenvalue weighted by molar-refractivity contribution is 0.627. The van der Waals surface area contributed by atoms with E-state index >= 15 is 0 Å². The lowest BCUT2D eigenvalue weighted by Crippen LogP contribution is -1.69. The third kappa shape index (κ3) is 0.974. The summed E-state index contributed by atoms with van der Waals surface area (Å²) in [7, 11) is 0. The van der Waals surface area contributed by atoms with Crippen LogP contribution in [-0.2, 0) is 0 Å². The molecule has 8 heavy (non-hydrogen) atoms. The highest BCUT2D eigenvalue weighted by Crippen LogP contribution is 1.94. The van der Waals surface area contributed by atoms with Crippen LogP contribution in [0.2, 0.25) is 0 Å². The van der Waals surface area contributed by atoms with Crippen molar-refractivity contribution in [3.63, 3.8) is 0 Å². The van der Waals surface area contributed by atoms with Gasteiger partial charge in [0.15, 0.2) is 0 Å². The summed E-state index contributed by atoms with van der Waals surface area (Å²) >= 11 is 0. The van der Waals surface area contributed by atoms with Gasteiger partial charge in [-0.25, -0.2) is 4.39 Å². The SMILES string of the molecule is Cc1c#ccc(F)c1. The Labute approximate surface area is 48.0 Å². The molecule has 0 saturated carbocycles. The van der Waals surface area contributed by atoms with E-state index in [4.69, 9.17) is 0 Å². The average Bonchev–Trinajstić information content (AvgIpc) is 1.64. The summed E-state index contributed by atoms with van der Waals surface area (Å²) in [6.07, 6.45) is 0. The zero-order valence-electron chi connectivity index (χ0n) is 4.53. The maximum atomic E-state index is 12.1. The lowest BCUT2D eigenvalue weighted by Gasteiger charge is -1.81. The van der Waals surface area contributed by atoms with Crippen LogP contribution in [0.15, 0.2) is 12.1 Å². The van der Waals surface area contributed by atoms with Crippen LogP contribution < -0.4 is 0 Å². The van der Waals surface area contributed by atoms with E-state index in [0.717, 1.165) is 5.56 Å². The van der Waals surface area contributed by atoms with Crippen molar-refractivity contribution in [2.24, 2.45) is 0 Å². The fourth-order valence-electron chi connectivity index (χ4n) is 0.503. The van der Waals surface area contributed by atoms with E-state index in [1.165, 1.54) is 12.1 Å². The maximum Gasteiger partial charge on any atom is 0.132 e. The molecule has 0 bridgehead atoms. The van der Waals surface area contributed by atoms with Gasteiger partial charge in [-0.2, -0.15) is 0 Å². The topological polar surface area (TPSA) is 0 Å². The van der Waals surface area contributed by atoms with Gasteiger partial charge in [0.05, 0.1) is 0 Å². The largest absolute Gasteiger partial charge is 0.206 e. The van der Waals surface area contributed by atoms with Crippen molar-refractivity contribution < 1.29 is 4.39 Å². The van der Waals surface area contributed by atoms with Gasteiger partial charge < -0.3 is 0 Å². The number of hydrogen-bond donors (Lipinski definition) is 0. The Kier molecular flexibility index (Phi) is 1.17. The third-order valence-electron chi connectivity index (χ3n) is 0.834. The minimum absolute atomic E-state index is 0.249. The number of halogens is 1. The van der Waals surface area contributed by atoms with Crippen molar-refractivity contribution in [2.75, 3.05) is 0 Å². The summed E-state index contributed by atoms with van der Waals surface area (Å²) in [6, 6.07) is 7.91. The van der Waals surface area contributed by atoms with E-state index in [9.17, 15) is 4.39 Å². The molecule has 1 aromatic rings. The van der Waals surface area contributed by atoms with Gasteiger partial charge in [-0.05, 0) is 13.0 Å². The van der Waals surface area contributed by atoms with Crippen molar-refractivity contribution in [2.45, 2.75) is 6.92 Å². The molecule has 0 nitrogen and oxygen atoms in total. The summed E-state index contributed by atoms with van der Waals surface area (Å²) in [5.74, 6) is -0.249. The van der Waals surface area contributed by atoms with Crippen molar-refractivity contribution >= 4 is 0 Å². The zero-order chi connectivity index (χ0) is 5.98. The highest BCUT2D eigenvalue weighted by atomic mass is 19.1. The summed E-state index contributed by atoms with van der Waals surface area (Å²) in [6.45, 7) is 1.78. The molecule has 0 fully saturated rings. The highest BCUT2D eigenvalue weighted by Gasteiger charge is 1.83. The summed E-state index contributed by atoms with van der Waals surface area (Å²) in [5.41, 5.74) is 0.782. The van der Waals surface area contributed by atoms with Gasteiger partial charge in [-0.1, -0.05) is 12.1 Å². The van der Waals surface area contributed by atoms with Gasteiger partial charge in [-0.3, -0.25) is 0 Å². The molecule has 0 spiro atoms. The second kappa shape index (κ2) is 1.83. The standard InChI is InChI=1S/C7H5F/c1-6-3-2-4-7(8)5-6/h4-5H,1H3. The minimum atomic E-state index is -0.249. The monoisotopic (exact) mass is 108 g/mol. The minimum Gasteiger partial charge on any atom is -0.206 e. The lowest BCUT2D eigenvalue weighted by atomic mass is 10.3. The first-order valence-electron chi connectivity index (χ1n) is 2.34. The van der Waals surface area contributed by atoms with E-state index in [1.807, 2.05) is 0 Å². The zero-order valence-corrected chi connectivity index (χ0v) is 4.53. The maximum absolute atomic E-state index is 12.1. The van der Waals surface area contributed by atoms with Crippen molar-refractivity contribution in [1.29, 1.82) is 0 Å². The third-order valence-corrected chi connectivity index (χ3v) is 0.834. The Morgan fingerprint density at radius 2 is 2.38 bits per heavy atom. The van der Waals surface area contributed by atoms with Gasteiger partial charge in [0.1, 0.15) is 5.82 Å². The highest BCUT2D eigenvalue weighted by molar-refractivity contribution is 5.06. The second-order valence-corrected chi connectivity index (χ2v) is 1.63. The van der Waals surface area contributed by atoms with Crippen LogP contribution in [-0.4, -0.2) is 0 Å². The smallest absolute Gasteiger partial charge is 0.132 e. The summed E-state index contributed by atoms with van der Waals surface area (Å²) in [5, 5.41) is 0. The van der Waals surface area contributed by atoms with Crippen LogP contribution in [0.3, 0.4) is 0 Å². The molecule has 0 aromatic heterocycles. The van der Waals surface area contributed by atoms with Crippen LogP contribution in [0.1, 0.15) is 5.56 Å². The van der Waals surface area contributed by atoms with Crippen LogP contribution >= 0.6 is 0 Å². The van der Waals surface area contributed by atoms with Crippen molar-refractivity contribution in [3.8, 4) is 0 Å². The molecule has 0 aliphatic heterocycles. The summed E-state index contributed by atoms with van der Waals surface area (Å²) < 4.78 is 12.1. The van der Waals surface area contributed by atoms with Gasteiger partial charge >= 0.3 is 0 Å². The molecule has 0 saturated heterocycles. The number of aryl methyl sites for hydroxylation is 1. The molecule has 1 heteroatoms. The van der Waals surface area contributed by atoms with Gasteiger partial charge in [0.25, 0.3) is 0 Å². The fraction of sp³-hybridized carbons (Fsp3) is 0.143. The Bertz CT molecular complexity index is 164. The van der Waals surface area contributed by atoms with E-state index in [-0.39, 0.29) is 5.82 Å². The Morgan fingerprint density at radius 3 is 2.75 bits per heavy atom. The fourth-order valence-corrected chi connectivity index (χ4v) is 0.503. The first kappa shape index (κ1) is 5.11. The molecule has 0 amide bonds. The predicted octanol–water partition coefficient (Wildman–Crippen LogP) is 1.73. The van der Waals surface area contributed by atoms with Crippen LogP contribution in [0.25, 0.3) is 0 Å². The second-order valence-electron chi connectivity index (χ2n) is 1.63. The molecule has 0 atom stereocenters. The van der Waals surface area contributed by atoms with E-state index in [0.29, 0.717) is 0 Å². The van der Waals surface area contributed by atoms with Crippen molar-refractivity contribution in [3.05, 3.63) is 35.6 Å². The average molecular weight is 108 g/mol. The molecule has 40 valence electrons. The molecule has 0 N–H and O–H groups in total. The molecule has 1 rings (SSSR count). The van der Waals surface area contributed by atoms with Gasteiger partial charge in [-0.15, -0.1) is 0 Å². The molecule has 0 heterocycles. The predicted molar refractivity (Wildman–Crippen MR) is 28.8 cm³/mol. The molecular formula is C7H5F. The number of hydrogen-bond acceptors (Lipinski definition) is 0. The Balaban J connectivity index is 3.08. The number of rotatable bonds is 0. The Morgan fingerprint density at radius 1 is 1.62 bits per heavy atom. The molecule has 0 radical (unpaired) electrons. The molecular weight excluding hydrogens is 103 g/mol. The molecule has 0 aliphatic rings. The van der Waals surface area contributed by atoms with Crippen LogP contribution in [0.5, 0.6) is 0 Å². The first-order valence-corrected chi connectivity index (χ1v) is 2.34. The van der Waals surface area contributed by atoms with Crippen LogP contribution in [0.4, 0.5) is 4.39 Å². The van der Waals surface area contributed by atoms with E-state index < -0.39 is 0 Å². The van der Waals surface area contributed by atoms with Crippen LogP contribution in [0, 0.1) is 24.9 Å². The Hall–Kier alpha value is -1.03. The van der Waals surface area contributed by atoms with E-state index in [1.54, 1.807) is 6.92 Å². The quantitative estimate of drug-likeness (QED) is 0.474. The van der Waals surface area contributed by atoms with Crippen molar-refractivity contribution in [1.82, 2.24) is 0 Å². The molecule has 0 aliphatic carbocycles. The van der Waals surface area contributed by atoms with Gasteiger partial charge in [0.2, 0.25) is 0 Å². The van der Waals surface area contributed by atoms with Gasteiger partial charge in [0, 0.05) is 11.6 Å². The van der Waals surface area contributed by atoms with E-state index in [2.05, 4.69) is 12.1 Å². The molecule has 0 unspecified atom stereocenters. The normalized spacial score (nSPS) is 8.25. The molecule has 1 aromatic carbocycles. The first-order chi connectivity index (χ1) is 3.79.